The van der Waals surface area contributed by atoms with Gasteiger partial charge in [0.15, 0.2) is 0 Å². The summed E-state index contributed by atoms with van der Waals surface area (Å²) in [5.74, 6) is 1.50. The quantitative estimate of drug-likeness (QED) is 0.597. The summed E-state index contributed by atoms with van der Waals surface area (Å²) in [6.45, 7) is 7.11. The Kier molecular flexibility index (Phi) is 5.54. The molecule has 8 heteroatoms. The standard InChI is InChI=1S/C25H33N5O3/c1-25(2,3)33-24(32)29-14-12-16(13-15-29)8-11-18-21(17-9-10-17)28-30(22(18)31)23-26-19-6-4-5-7-20(19)27-23/h4-7,16-17,28H,8-15H2,1-3H3,(H,26,27). The highest BCUT2D eigenvalue weighted by Crippen LogP contribution is 2.40. The summed E-state index contributed by atoms with van der Waals surface area (Å²) >= 11 is 0. The molecule has 1 saturated carbocycles. The first-order valence-electron chi connectivity index (χ1n) is 12.1. The third kappa shape index (κ3) is 4.70. The first-order valence-corrected chi connectivity index (χ1v) is 12.1. The zero-order chi connectivity index (χ0) is 23.2. The lowest BCUT2D eigenvalue weighted by atomic mass is 9.90. The fourth-order valence-electron chi connectivity index (χ4n) is 4.71. The minimum absolute atomic E-state index is 0.00199. The van der Waals surface area contributed by atoms with Crippen LogP contribution in [0, 0.1) is 5.92 Å². The van der Waals surface area contributed by atoms with Gasteiger partial charge in [-0.05, 0) is 77.3 Å². The molecule has 0 radical (unpaired) electrons. The van der Waals surface area contributed by atoms with E-state index in [1.165, 1.54) is 0 Å². The lowest BCUT2D eigenvalue weighted by Gasteiger charge is -2.33. The number of likely N-dealkylation sites (tertiary alicyclic amines) is 1. The van der Waals surface area contributed by atoms with Gasteiger partial charge in [-0.15, -0.1) is 0 Å². The van der Waals surface area contributed by atoms with Crippen molar-refractivity contribution in [1.82, 2.24) is 24.6 Å². The minimum atomic E-state index is -0.471. The van der Waals surface area contributed by atoms with Crippen LogP contribution in [0.25, 0.3) is 17.0 Å². The summed E-state index contributed by atoms with van der Waals surface area (Å²) < 4.78 is 7.08. The fourth-order valence-corrected chi connectivity index (χ4v) is 4.71. The maximum atomic E-state index is 13.3. The van der Waals surface area contributed by atoms with Gasteiger partial charge in [-0.2, -0.15) is 4.68 Å². The number of ether oxygens (including phenoxy) is 1. The maximum absolute atomic E-state index is 13.3. The first kappa shape index (κ1) is 21.8. The van der Waals surface area contributed by atoms with Crippen LogP contribution in [0.15, 0.2) is 29.1 Å². The second-order valence-corrected chi connectivity index (χ2v) is 10.4. The van der Waals surface area contributed by atoms with E-state index in [4.69, 9.17) is 4.74 Å². The molecule has 1 aliphatic heterocycles. The number of hydrogen-bond donors (Lipinski definition) is 2. The van der Waals surface area contributed by atoms with Crippen molar-refractivity contribution < 1.29 is 9.53 Å². The summed E-state index contributed by atoms with van der Waals surface area (Å²) in [7, 11) is 0. The molecule has 0 spiro atoms. The molecule has 8 nitrogen and oxygen atoms in total. The van der Waals surface area contributed by atoms with E-state index in [0.29, 0.717) is 30.9 Å². The number of rotatable bonds is 5. The minimum Gasteiger partial charge on any atom is -0.444 e. The smallest absolute Gasteiger partial charge is 0.410 e. The van der Waals surface area contributed by atoms with Gasteiger partial charge in [0, 0.05) is 30.3 Å². The lowest BCUT2D eigenvalue weighted by Crippen LogP contribution is -2.41. The van der Waals surface area contributed by atoms with Gasteiger partial charge >= 0.3 is 6.09 Å². The van der Waals surface area contributed by atoms with Crippen LogP contribution in [0.3, 0.4) is 0 Å². The Morgan fingerprint density at radius 1 is 1.15 bits per heavy atom. The van der Waals surface area contributed by atoms with Gasteiger partial charge in [-0.1, -0.05) is 12.1 Å². The van der Waals surface area contributed by atoms with Crippen LogP contribution in [0.5, 0.6) is 0 Å². The first-order chi connectivity index (χ1) is 15.8. The van der Waals surface area contributed by atoms with E-state index in [2.05, 4.69) is 15.1 Å². The number of fused-ring (bicyclic) bond motifs is 1. The zero-order valence-corrected chi connectivity index (χ0v) is 19.7. The topological polar surface area (TPSA) is 96.0 Å². The third-order valence-corrected chi connectivity index (χ3v) is 6.66. The van der Waals surface area contributed by atoms with Gasteiger partial charge in [0.25, 0.3) is 5.56 Å². The highest BCUT2D eigenvalue weighted by atomic mass is 16.6. The number of benzene rings is 1. The van der Waals surface area contributed by atoms with Crippen LogP contribution in [-0.4, -0.2) is 49.4 Å². The van der Waals surface area contributed by atoms with Crippen molar-refractivity contribution in [1.29, 1.82) is 0 Å². The van der Waals surface area contributed by atoms with E-state index in [1.54, 1.807) is 4.68 Å². The average Bonchev–Trinajstić information content (AvgIpc) is 3.44. The van der Waals surface area contributed by atoms with Crippen molar-refractivity contribution in [3.8, 4) is 5.95 Å². The van der Waals surface area contributed by atoms with Gasteiger partial charge in [-0.3, -0.25) is 9.89 Å². The zero-order valence-electron chi connectivity index (χ0n) is 19.7. The van der Waals surface area contributed by atoms with E-state index in [-0.39, 0.29) is 11.7 Å². The van der Waals surface area contributed by atoms with Crippen molar-refractivity contribution in [3.05, 3.63) is 45.9 Å². The molecule has 1 saturated heterocycles. The summed E-state index contributed by atoms with van der Waals surface area (Å²) in [6.07, 6.45) is 5.63. The molecule has 0 bridgehead atoms. The molecule has 3 heterocycles. The summed E-state index contributed by atoms with van der Waals surface area (Å²) in [5.41, 5.74) is 3.27. The van der Waals surface area contributed by atoms with E-state index >= 15 is 0 Å². The molecule has 0 atom stereocenters. The number of carbonyl (C=O) groups is 1. The molecule has 3 aromatic rings. The normalized spacial score (nSPS) is 17.6. The predicted molar refractivity (Wildman–Crippen MR) is 127 cm³/mol. The van der Waals surface area contributed by atoms with E-state index in [9.17, 15) is 9.59 Å². The molecule has 2 N–H and O–H groups in total. The Morgan fingerprint density at radius 2 is 1.88 bits per heavy atom. The van der Waals surface area contributed by atoms with Crippen LogP contribution in [0.1, 0.15) is 70.1 Å². The largest absolute Gasteiger partial charge is 0.444 e. The van der Waals surface area contributed by atoms with Crippen molar-refractivity contribution in [3.63, 3.8) is 0 Å². The van der Waals surface area contributed by atoms with E-state index < -0.39 is 5.60 Å². The number of carbonyl (C=O) groups excluding carboxylic acids is 1. The van der Waals surface area contributed by atoms with Crippen molar-refractivity contribution in [2.75, 3.05) is 13.1 Å². The monoisotopic (exact) mass is 451 g/mol. The molecular formula is C25H33N5O3. The number of H-pyrrole nitrogens is 2. The molecule has 2 fully saturated rings. The van der Waals surface area contributed by atoms with Gasteiger partial charge in [0.05, 0.1) is 11.0 Å². The molecular weight excluding hydrogens is 418 g/mol. The Labute approximate surface area is 193 Å². The molecule has 2 aliphatic rings. The van der Waals surface area contributed by atoms with Crippen LogP contribution in [0.4, 0.5) is 4.79 Å². The number of para-hydroxylation sites is 2. The molecule has 33 heavy (non-hydrogen) atoms. The van der Waals surface area contributed by atoms with E-state index in [1.807, 2.05) is 49.9 Å². The predicted octanol–water partition coefficient (Wildman–Crippen LogP) is 4.50. The van der Waals surface area contributed by atoms with Gasteiger partial charge < -0.3 is 14.6 Å². The molecule has 5 rings (SSSR count). The van der Waals surface area contributed by atoms with Crippen LogP contribution in [-0.2, 0) is 11.2 Å². The SMILES string of the molecule is CC(C)(C)OC(=O)N1CCC(CCc2c(C3CC3)[nH]n(-c3nc4ccccc4[nH]3)c2=O)CC1. The molecule has 1 aromatic carbocycles. The van der Waals surface area contributed by atoms with Gasteiger partial charge in [-0.25, -0.2) is 9.78 Å². The Morgan fingerprint density at radius 3 is 2.55 bits per heavy atom. The number of aromatic amines is 2. The number of piperidine rings is 1. The number of aromatic nitrogens is 4. The Hall–Kier alpha value is -3.03. The third-order valence-electron chi connectivity index (χ3n) is 6.66. The van der Waals surface area contributed by atoms with E-state index in [0.717, 1.165) is 60.8 Å². The van der Waals surface area contributed by atoms with Crippen molar-refractivity contribution in [2.45, 2.75) is 70.8 Å². The molecule has 176 valence electrons. The highest BCUT2D eigenvalue weighted by Gasteiger charge is 2.32. The van der Waals surface area contributed by atoms with Crippen molar-refractivity contribution >= 4 is 17.1 Å². The fraction of sp³-hybridized carbons (Fsp3) is 0.560. The van der Waals surface area contributed by atoms with Gasteiger partial charge in [0.2, 0.25) is 5.95 Å². The Balaban J connectivity index is 1.27. The molecule has 1 aliphatic carbocycles. The molecule has 2 aromatic heterocycles. The van der Waals surface area contributed by atoms with Crippen LogP contribution in [0.2, 0.25) is 0 Å². The van der Waals surface area contributed by atoms with Crippen LogP contribution < -0.4 is 5.56 Å². The number of nitrogens with one attached hydrogen (secondary N) is 2. The summed E-state index contributed by atoms with van der Waals surface area (Å²) in [6, 6.07) is 7.80. The average molecular weight is 452 g/mol. The number of imidazole rings is 1. The summed E-state index contributed by atoms with van der Waals surface area (Å²) in [4.78, 5) is 35.3. The number of hydrogen-bond acceptors (Lipinski definition) is 4. The van der Waals surface area contributed by atoms with Crippen molar-refractivity contribution in [2.24, 2.45) is 5.92 Å². The lowest BCUT2D eigenvalue weighted by molar-refractivity contribution is 0.0181. The maximum Gasteiger partial charge on any atom is 0.410 e. The highest BCUT2D eigenvalue weighted by molar-refractivity contribution is 5.75. The van der Waals surface area contributed by atoms with Crippen LogP contribution >= 0.6 is 0 Å². The van der Waals surface area contributed by atoms with Gasteiger partial charge in [0.1, 0.15) is 5.60 Å². The molecule has 1 amide bonds. The second kappa shape index (κ2) is 8.39. The number of amides is 1. The molecule has 0 unspecified atom stereocenters. The second-order valence-electron chi connectivity index (χ2n) is 10.4. The Bertz CT molecular complexity index is 1170. The number of nitrogens with zero attached hydrogens (tertiary/aromatic N) is 3. The summed E-state index contributed by atoms with van der Waals surface area (Å²) in [5, 5.41) is 3.36.